The van der Waals surface area contributed by atoms with Gasteiger partial charge in [0.05, 0.1) is 0 Å². The standard InChI is InChI=1S/C8H8N4O/c9-7(13)5-3-6-8(12-4-5)11-2-1-10-6/h1-3H,4H2,(H2,9,13)(H,11,12). The van der Waals surface area contributed by atoms with Gasteiger partial charge < -0.3 is 11.1 Å². The second-order valence-corrected chi connectivity index (χ2v) is 2.68. The molecule has 0 fully saturated rings. The van der Waals surface area contributed by atoms with Crippen molar-refractivity contribution in [3.8, 4) is 0 Å². The Morgan fingerprint density at radius 2 is 2.23 bits per heavy atom. The lowest BCUT2D eigenvalue weighted by Gasteiger charge is -2.13. The molecule has 0 atom stereocenters. The van der Waals surface area contributed by atoms with E-state index in [1.54, 1.807) is 18.5 Å². The summed E-state index contributed by atoms with van der Waals surface area (Å²) < 4.78 is 0. The van der Waals surface area contributed by atoms with Gasteiger partial charge in [0.15, 0.2) is 5.82 Å². The van der Waals surface area contributed by atoms with Gasteiger partial charge in [0.25, 0.3) is 0 Å². The second-order valence-electron chi connectivity index (χ2n) is 2.68. The Kier molecular flexibility index (Phi) is 1.70. The van der Waals surface area contributed by atoms with Crippen molar-refractivity contribution in [2.45, 2.75) is 0 Å². The SMILES string of the molecule is NC(=O)C1=Cc2nccnc2NC1. The molecule has 0 saturated heterocycles. The number of hydrogen-bond donors (Lipinski definition) is 2. The fourth-order valence-electron chi connectivity index (χ4n) is 1.14. The molecule has 5 heteroatoms. The quantitative estimate of drug-likeness (QED) is 0.619. The lowest BCUT2D eigenvalue weighted by Crippen LogP contribution is -2.23. The molecule has 1 aromatic heterocycles. The Morgan fingerprint density at radius 1 is 1.46 bits per heavy atom. The molecule has 1 amide bonds. The molecule has 1 aromatic rings. The number of fused-ring (bicyclic) bond motifs is 1. The number of hydrogen-bond acceptors (Lipinski definition) is 4. The Morgan fingerprint density at radius 3 is 3.00 bits per heavy atom. The van der Waals surface area contributed by atoms with Gasteiger partial charge in [-0.05, 0) is 6.08 Å². The highest BCUT2D eigenvalue weighted by atomic mass is 16.1. The summed E-state index contributed by atoms with van der Waals surface area (Å²) in [6.45, 7) is 0.418. The smallest absolute Gasteiger partial charge is 0.246 e. The van der Waals surface area contributed by atoms with Gasteiger partial charge in [-0.1, -0.05) is 0 Å². The van der Waals surface area contributed by atoms with E-state index in [0.29, 0.717) is 23.6 Å². The minimum absolute atomic E-state index is 0.418. The van der Waals surface area contributed by atoms with E-state index in [2.05, 4.69) is 15.3 Å². The number of rotatable bonds is 1. The van der Waals surface area contributed by atoms with Gasteiger partial charge in [0.2, 0.25) is 5.91 Å². The van der Waals surface area contributed by atoms with Gasteiger partial charge in [-0.3, -0.25) is 9.78 Å². The highest BCUT2D eigenvalue weighted by molar-refractivity contribution is 5.98. The average molecular weight is 176 g/mol. The van der Waals surface area contributed by atoms with Crippen LogP contribution in [-0.2, 0) is 4.79 Å². The summed E-state index contributed by atoms with van der Waals surface area (Å²) in [6.07, 6.45) is 4.82. The van der Waals surface area contributed by atoms with Crippen LogP contribution >= 0.6 is 0 Å². The molecule has 0 bridgehead atoms. The number of anilines is 1. The first-order valence-corrected chi connectivity index (χ1v) is 3.82. The summed E-state index contributed by atoms with van der Waals surface area (Å²) in [5, 5.41) is 2.95. The molecule has 1 aliphatic rings. The van der Waals surface area contributed by atoms with Crippen molar-refractivity contribution < 1.29 is 4.79 Å². The van der Waals surface area contributed by atoms with E-state index in [4.69, 9.17) is 5.73 Å². The van der Waals surface area contributed by atoms with Crippen LogP contribution in [0.15, 0.2) is 18.0 Å². The largest absolute Gasteiger partial charge is 0.366 e. The van der Waals surface area contributed by atoms with E-state index in [1.807, 2.05) is 0 Å². The fraction of sp³-hybridized carbons (Fsp3) is 0.125. The van der Waals surface area contributed by atoms with E-state index in [1.165, 1.54) is 0 Å². The highest BCUT2D eigenvalue weighted by Gasteiger charge is 2.13. The summed E-state index contributed by atoms with van der Waals surface area (Å²) in [7, 11) is 0. The molecule has 66 valence electrons. The van der Waals surface area contributed by atoms with Crippen molar-refractivity contribution in [2.24, 2.45) is 5.73 Å². The zero-order valence-corrected chi connectivity index (χ0v) is 6.82. The van der Waals surface area contributed by atoms with E-state index < -0.39 is 5.91 Å². The predicted octanol–water partition coefficient (Wildman–Crippen LogP) is -0.229. The fourth-order valence-corrected chi connectivity index (χ4v) is 1.14. The number of nitrogens with zero attached hydrogens (tertiary/aromatic N) is 2. The average Bonchev–Trinajstić information content (AvgIpc) is 2.17. The lowest BCUT2D eigenvalue weighted by atomic mass is 10.1. The Labute approximate surface area is 74.7 Å². The summed E-state index contributed by atoms with van der Waals surface area (Å²) in [4.78, 5) is 18.9. The number of aromatic nitrogens is 2. The van der Waals surface area contributed by atoms with Crippen molar-refractivity contribution in [3.63, 3.8) is 0 Å². The molecule has 0 aliphatic carbocycles. The Bertz CT molecular complexity index is 385. The highest BCUT2D eigenvalue weighted by Crippen LogP contribution is 2.17. The zero-order valence-electron chi connectivity index (χ0n) is 6.82. The summed E-state index contributed by atoms with van der Waals surface area (Å²) in [6, 6.07) is 0. The normalized spacial score (nSPS) is 14.0. The molecular weight excluding hydrogens is 168 g/mol. The Balaban J connectivity index is 2.44. The van der Waals surface area contributed by atoms with E-state index >= 15 is 0 Å². The molecule has 2 heterocycles. The molecule has 0 aromatic carbocycles. The van der Waals surface area contributed by atoms with Crippen LogP contribution in [0.2, 0.25) is 0 Å². The monoisotopic (exact) mass is 176 g/mol. The van der Waals surface area contributed by atoms with Crippen LogP contribution in [0.1, 0.15) is 5.69 Å². The molecule has 0 saturated carbocycles. The molecular formula is C8H8N4O. The first-order chi connectivity index (χ1) is 6.27. The van der Waals surface area contributed by atoms with Crippen LogP contribution in [0, 0.1) is 0 Å². The van der Waals surface area contributed by atoms with Gasteiger partial charge in [0, 0.05) is 24.5 Å². The van der Waals surface area contributed by atoms with Crippen LogP contribution < -0.4 is 11.1 Å². The van der Waals surface area contributed by atoms with E-state index in [0.717, 1.165) is 0 Å². The lowest BCUT2D eigenvalue weighted by molar-refractivity contribution is -0.114. The molecule has 5 nitrogen and oxygen atoms in total. The number of nitrogens with two attached hydrogens (primary N) is 1. The number of amides is 1. The maximum atomic E-state index is 10.8. The molecule has 13 heavy (non-hydrogen) atoms. The van der Waals surface area contributed by atoms with Crippen molar-refractivity contribution in [1.82, 2.24) is 9.97 Å². The number of primary amides is 1. The number of carbonyl (C=O) groups excluding carboxylic acids is 1. The van der Waals surface area contributed by atoms with Crippen LogP contribution in [0.25, 0.3) is 6.08 Å². The van der Waals surface area contributed by atoms with Gasteiger partial charge in [0.1, 0.15) is 5.69 Å². The van der Waals surface area contributed by atoms with Crippen LogP contribution in [0.3, 0.4) is 0 Å². The molecule has 0 unspecified atom stereocenters. The van der Waals surface area contributed by atoms with Gasteiger partial charge in [-0.25, -0.2) is 4.98 Å². The number of nitrogens with one attached hydrogen (secondary N) is 1. The topological polar surface area (TPSA) is 80.9 Å². The first-order valence-electron chi connectivity index (χ1n) is 3.82. The van der Waals surface area contributed by atoms with Crippen molar-refractivity contribution in [2.75, 3.05) is 11.9 Å². The minimum Gasteiger partial charge on any atom is -0.366 e. The summed E-state index contributed by atoms with van der Waals surface area (Å²) >= 11 is 0. The second kappa shape index (κ2) is 2.85. The maximum Gasteiger partial charge on any atom is 0.246 e. The van der Waals surface area contributed by atoms with Crippen LogP contribution in [0.4, 0.5) is 5.82 Å². The van der Waals surface area contributed by atoms with Crippen molar-refractivity contribution >= 4 is 17.8 Å². The molecule has 3 N–H and O–H groups in total. The zero-order chi connectivity index (χ0) is 9.26. The molecule has 2 rings (SSSR count). The van der Waals surface area contributed by atoms with Gasteiger partial charge in [-0.15, -0.1) is 0 Å². The third-order valence-electron chi connectivity index (χ3n) is 1.80. The molecule has 1 aliphatic heterocycles. The summed E-state index contributed by atoms with van der Waals surface area (Å²) in [5.74, 6) is 0.260. The third-order valence-corrected chi connectivity index (χ3v) is 1.80. The van der Waals surface area contributed by atoms with Gasteiger partial charge in [-0.2, -0.15) is 0 Å². The van der Waals surface area contributed by atoms with E-state index in [9.17, 15) is 4.79 Å². The Hall–Kier alpha value is -1.91. The maximum absolute atomic E-state index is 10.8. The van der Waals surface area contributed by atoms with E-state index in [-0.39, 0.29) is 0 Å². The predicted molar refractivity (Wildman–Crippen MR) is 47.7 cm³/mol. The van der Waals surface area contributed by atoms with Crippen molar-refractivity contribution in [3.05, 3.63) is 23.7 Å². The molecule has 0 radical (unpaired) electrons. The van der Waals surface area contributed by atoms with Crippen LogP contribution in [-0.4, -0.2) is 22.4 Å². The third kappa shape index (κ3) is 1.35. The molecule has 0 spiro atoms. The summed E-state index contributed by atoms with van der Waals surface area (Å²) in [5.41, 5.74) is 6.31. The van der Waals surface area contributed by atoms with Crippen LogP contribution in [0.5, 0.6) is 0 Å². The van der Waals surface area contributed by atoms with Crippen molar-refractivity contribution in [1.29, 1.82) is 0 Å². The minimum atomic E-state index is -0.427. The van der Waals surface area contributed by atoms with Gasteiger partial charge >= 0.3 is 0 Å². The first kappa shape index (κ1) is 7.72. The number of carbonyl (C=O) groups is 1.